The second-order valence-corrected chi connectivity index (χ2v) is 6.98. The number of benzene rings is 1. The first-order valence-electron chi connectivity index (χ1n) is 6.01. The molecule has 9 heteroatoms. The van der Waals surface area contributed by atoms with Gasteiger partial charge >= 0.3 is 0 Å². The number of hydrogen-bond acceptors (Lipinski definition) is 4. The van der Waals surface area contributed by atoms with E-state index in [2.05, 4.69) is 14.9 Å². The summed E-state index contributed by atoms with van der Waals surface area (Å²) in [5, 5.41) is 6.91. The zero-order chi connectivity index (χ0) is 15.6. The first-order valence-corrected chi connectivity index (χ1v) is 8.25. The van der Waals surface area contributed by atoms with Gasteiger partial charge in [0.05, 0.1) is 11.2 Å². The molecule has 0 aliphatic heterocycles. The maximum atomic E-state index is 12.4. The van der Waals surface area contributed by atoms with Gasteiger partial charge in [0, 0.05) is 29.4 Å². The molecule has 0 atom stereocenters. The minimum atomic E-state index is -3.80. The summed E-state index contributed by atoms with van der Waals surface area (Å²) in [6.45, 7) is 2.00. The lowest BCUT2D eigenvalue weighted by Crippen LogP contribution is -2.24. The van der Waals surface area contributed by atoms with Crippen molar-refractivity contribution < 1.29 is 8.42 Å². The van der Waals surface area contributed by atoms with Gasteiger partial charge in [-0.3, -0.25) is 5.10 Å². The summed E-state index contributed by atoms with van der Waals surface area (Å²) in [4.78, 5) is -0.0849. The highest BCUT2D eigenvalue weighted by Gasteiger charge is 2.21. The molecule has 0 aliphatic carbocycles. The predicted molar refractivity (Wildman–Crippen MR) is 81.7 cm³/mol. The highest BCUT2D eigenvalue weighted by atomic mass is 35.5. The van der Waals surface area contributed by atoms with Crippen molar-refractivity contribution >= 4 is 33.2 Å². The van der Waals surface area contributed by atoms with Crippen LogP contribution in [-0.2, 0) is 23.1 Å². The quantitative estimate of drug-likeness (QED) is 0.768. The lowest BCUT2D eigenvalue weighted by Gasteiger charge is -2.11. The molecule has 1 heterocycles. The summed E-state index contributed by atoms with van der Waals surface area (Å²) in [7, 11) is -3.80. The Labute approximate surface area is 132 Å². The van der Waals surface area contributed by atoms with Crippen LogP contribution in [0.4, 0.5) is 0 Å². The van der Waals surface area contributed by atoms with Gasteiger partial charge in [-0.25, -0.2) is 13.1 Å². The number of nitrogens with one attached hydrogen (secondary N) is 2. The van der Waals surface area contributed by atoms with Crippen molar-refractivity contribution in [3.05, 3.63) is 45.2 Å². The van der Waals surface area contributed by atoms with Gasteiger partial charge in [0.2, 0.25) is 10.0 Å². The third-order valence-electron chi connectivity index (χ3n) is 2.98. The van der Waals surface area contributed by atoms with Crippen molar-refractivity contribution in [1.82, 2.24) is 14.9 Å². The van der Waals surface area contributed by atoms with Gasteiger partial charge in [-0.2, -0.15) is 5.10 Å². The number of aryl methyl sites for hydroxylation is 1. The number of hydrogen-bond donors (Lipinski definition) is 3. The zero-order valence-electron chi connectivity index (χ0n) is 11.2. The molecule has 2 rings (SSSR count). The fraction of sp³-hybridized carbons (Fsp3) is 0.250. The minimum Gasteiger partial charge on any atom is -0.326 e. The largest absolute Gasteiger partial charge is 0.326 e. The molecule has 6 nitrogen and oxygen atoms in total. The topological polar surface area (TPSA) is 101 Å². The number of nitrogens with zero attached hydrogens (tertiary/aromatic N) is 1. The van der Waals surface area contributed by atoms with Crippen molar-refractivity contribution in [1.29, 1.82) is 0 Å². The highest BCUT2D eigenvalue weighted by molar-refractivity contribution is 7.89. The van der Waals surface area contributed by atoms with Crippen LogP contribution in [0.15, 0.2) is 23.2 Å². The Morgan fingerprint density at radius 2 is 2.05 bits per heavy atom. The summed E-state index contributed by atoms with van der Waals surface area (Å²) in [5.74, 6) is 0. The van der Waals surface area contributed by atoms with Crippen molar-refractivity contribution in [2.24, 2.45) is 5.73 Å². The lowest BCUT2D eigenvalue weighted by atomic mass is 10.2. The van der Waals surface area contributed by atoms with Gasteiger partial charge < -0.3 is 5.73 Å². The molecule has 0 spiro atoms. The fourth-order valence-corrected chi connectivity index (χ4v) is 3.71. The highest BCUT2D eigenvalue weighted by Crippen LogP contribution is 2.29. The summed E-state index contributed by atoms with van der Waals surface area (Å²) in [6, 6.07) is 2.84. The molecular weight excluding hydrogens is 335 g/mol. The van der Waals surface area contributed by atoms with Gasteiger partial charge in [-0.15, -0.1) is 0 Å². The van der Waals surface area contributed by atoms with Crippen molar-refractivity contribution in [3.63, 3.8) is 0 Å². The SMILES string of the molecule is Cc1[nH]ncc1CNS(=O)(=O)c1cc(Cl)cc(CN)c1Cl. The molecule has 0 bridgehead atoms. The zero-order valence-corrected chi connectivity index (χ0v) is 13.5. The van der Waals surface area contributed by atoms with E-state index in [-0.39, 0.29) is 28.0 Å². The molecule has 4 N–H and O–H groups in total. The van der Waals surface area contributed by atoms with Crippen molar-refractivity contribution in [2.45, 2.75) is 24.9 Å². The van der Waals surface area contributed by atoms with E-state index in [1.807, 2.05) is 0 Å². The molecule has 0 saturated heterocycles. The van der Waals surface area contributed by atoms with Gasteiger partial charge in [0.1, 0.15) is 4.90 Å². The molecule has 1 aromatic carbocycles. The van der Waals surface area contributed by atoms with Crippen LogP contribution < -0.4 is 10.5 Å². The van der Waals surface area contributed by atoms with E-state index in [4.69, 9.17) is 28.9 Å². The standard InChI is InChI=1S/C12H14Cl2N4O2S/c1-7-9(5-16-18-7)6-17-21(19,20)11-3-10(13)2-8(4-15)12(11)14/h2-3,5,17H,4,6,15H2,1H3,(H,16,18). The van der Waals surface area contributed by atoms with E-state index in [9.17, 15) is 8.42 Å². The normalized spacial score (nSPS) is 11.8. The Balaban J connectivity index is 2.32. The van der Waals surface area contributed by atoms with E-state index >= 15 is 0 Å². The second-order valence-electron chi connectivity index (χ2n) is 4.43. The molecule has 0 unspecified atom stereocenters. The number of nitrogens with two attached hydrogens (primary N) is 1. The fourth-order valence-electron chi connectivity index (χ4n) is 1.77. The van der Waals surface area contributed by atoms with Crippen LogP contribution in [0.5, 0.6) is 0 Å². The van der Waals surface area contributed by atoms with E-state index < -0.39 is 10.0 Å². The Morgan fingerprint density at radius 1 is 1.33 bits per heavy atom. The molecule has 21 heavy (non-hydrogen) atoms. The van der Waals surface area contributed by atoms with Crippen LogP contribution in [-0.4, -0.2) is 18.6 Å². The lowest BCUT2D eigenvalue weighted by molar-refractivity contribution is 0.581. The van der Waals surface area contributed by atoms with Crippen LogP contribution in [0.3, 0.4) is 0 Å². The molecule has 0 fully saturated rings. The second kappa shape index (κ2) is 6.33. The predicted octanol–water partition coefficient (Wildman–Crippen LogP) is 1.96. The molecule has 114 valence electrons. The molecule has 0 amide bonds. The van der Waals surface area contributed by atoms with Gasteiger partial charge in [-0.05, 0) is 24.6 Å². The summed E-state index contributed by atoms with van der Waals surface area (Å²) in [5.41, 5.74) is 7.54. The maximum absolute atomic E-state index is 12.4. The maximum Gasteiger partial charge on any atom is 0.242 e. The van der Waals surface area contributed by atoms with E-state index in [1.165, 1.54) is 6.07 Å². The van der Waals surface area contributed by atoms with Crippen LogP contribution in [0.25, 0.3) is 0 Å². The van der Waals surface area contributed by atoms with Crippen LogP contribution in [0, 0.1) is 6.92 Å². The number of H-pyrrole nitrogens is 1. The van der Waals surface area contributed by atoms with Crippen molar-refractivity contribution in [2.75, 3.05) is 0 Å². The first kappa shape index (κ1) is 16.3. The van der Waals surface area contributed by atoms with Gasteiger partial charge in [-0.1, -0.05) is 23.2 Å². The van der Waals surface area contributed by atoms with E-state index in [0.717, 1.165) is 11.3 Å². The smallest absolute Gasteiger partial charge is 0.242 e. The molecule has 0 radical (unpaired) electrons. The average Bonchev–Trinajstić information content (AvgIpc) is 2.84. The number of halogens is 2. The van der Waals surface area contributed by atoms with Crippen LogP contribution in [0.1, 0.15) is 16.8 Å². The van der Waals surface area contributed by atoms with Crippen molar-refractivity contribution in [3.8, 4) is 0 Å². The van der Waals surface area contributed by atoms with Gasteiger partial charge in [0.25, 0.3) is 0 Å². The van der Waals surface area contributed by atoms with Crippen LogP contribution in [0.2, 0.25) is 10.0 Å². The first-order chi connectivity index (χ1) is 9.85. The van der Waals surface area contributed by atoms with E-state index in [0.29, 0.717) is 5.56 Å². The molecule has 0 saturated carbocycles. The molecular formula is C12H14Cl2N4O2S. The number of sulfonamides is 1. The van der Waals surface area contributed by atoms with Crippen LogP contribution >= 0.6 is 23.2 Å². The Morgan fingerprint density at radius 3 is 2.62 bits per heavy atom. The summed E-state index contributed by atoms with van der Waals surface area (Å²) in [6.07, 6.45) is 1.56. The summed E-state index contributed by atoms with van der Waals surface area (Å²) < 4.78 is 27.2. The third-order valence-corrected chi connectivity index (χ3v) is 5.18. The number of aromatic amines is 1. The van der Waals surface area contributed by atoms with Gasteiger partial charge in [0.15, 0.2) is 0 Å². The Kier molecular flexibility index (Phi) is 4.90. The third kappa shape index (κ3) is 3.56. The Hall–Kier alpha value is -1.12. The number of rotatable bonds is 5. The molecule has 1 aromatic heterocycles. The number of aromatic nitrogens is 2. The van der Waals surface area contributed by atoms with E-state index in [1.54, 1.807) is 19.2 Å². The molecule has 0 aliphatic rings. The summed E-state index contributed by atoms with van der Waals surface area (Å²) >= 11 is 12.0. The minimum absolute atomic E-state index is 0.0818. The molecule has 2 aromatic rings. The monoisotopic (exact) mass is 348 g/mol. The Bertz CT molecular complexity index is 759. The average molecular weight is 349 g/mol.